The molecule has 2 rings (SSSR count). The maximum Gasteiger partial charge on any atom is 0.170 e. The Balaban J connectivity index is 1.76. The van der Waals surface area contributed by atoms with Crippen molar-refractivity contribution in [1.82, 2.24) is 5.32 Å². The molecule has 2 aromatic carbocycles. The monoisotopic (exact) mass is 348 g/mol. The number of thioether (sulfide) groups is 1. The van der Waals surface area contributed by atoms with Crippen LogP contribution in [0, 0.1) is 0 Å². The minimum atomic E-state index is 0.589. The summed E-state index contributed by atoms with van der Waals surface area (Å²) in [5.41, 5.74) is 0.857. The van der Waals surface area contributed by atoms with Crippen LogP contribution in [0.15, 0.2) is 53.4 Å². The largest absolute Gasteiger partial charge is 0.493 e. The minimum absolute atomic E-state index is 0.589. The number of nitrogens with one attached hydrogen (secondary N) is 2. The molecular formula is C17H20N2O2S2. The highest BCUT2D eigenvalue weighted by Crippen LogP contribution is 2.29. The normalized spacial score (nSPS) is 10.0. The third-order valence-corrected chi connectivity index (χ3v) is 4.30. The van der Waals surface area contributed by atoms with Crippen LogP contribution in [-0.4, -0.2) is 31.6 Å². The van der Waals surface area contributed by atoms with Gasteiger partial charge in [0.2, 0.25) is 0 Å². The Morgan fingerprint density at radius 2 is 1.78 bits per heavy atom. The Hall–Kier alpha value is -1.92. The lowest BCUT2D eigenvalue weighted by atomic mass is 10.3. The molecule has 0 saturated carbocycles. The van der Waals surface area contributed by atoms with Crippen molar-refractivity contribution in [2.45, 2.75) is 4.90 Å². The number of hydrogen-bond acceptors (Lipinski definition) is 4. The average molecular weight is 348 g/mol. The van der Waals surface area contributed by atoms with Gasteiger partial charge in [-0.3, -0.25) is 0 Å². The van der Waals surface area contributed by atoms with Crippen molar-refractivity contribution in [2.75, 3.05) is 31.8 Å². The van der Waals surface area contributed by atoms with Crippen LogP contribution in [0.5, 0.6) is 11.5 Å². The molecule has 23 heavy (non-hydrogen) atoms. The van der Waals surface area contributed by atoms with Gasteiger partial charge >= 0.3 is 0 Å². The summed E-state index contributed by atoms with van der Waals surface area (Å²) in [6.45, 7) is 0.790. The van der Waals surface area contributed by atoms with Gasteiger partial charge in [0, 0.05) is 28.9 Å². The molecule has 0 aliphatic rings. The van der Waals surface area contributed by atoms with Crippen LogP contribution < -0.4 is 20.1 Å². The molecule has 0 atom stereocenters. The molecular weight excluding hydrogens is 328 g/mol. The molecule has 2 N–H and O–H groups in total. The van der Waals surface area contributed by atoms with E-state index >= 15 is 0 Å². The van der Waals surface area contributed by atoms with Crippen LogP contribution in [0.4, 0.5) is 5.69 Å². The van der Waals surface area contributed by atoms with Crippen molar-refractivity contribution in [3.05, 3.63) is 48.5 Å². The summed E-state index contributed by atoms with van der Waals surface area (Å²) in [5.74, 6) is 2.30. The lowest BCUT2D eigenvalue weighted by Gasteiger charge is -2.13. The molecule has 0 aliphatic carbocycles. The van der Waals surface area contributed by atoms with Crippen LogP contribution in [-0.2, 0) is 0 Å². The fraction of sp³-hybridized carbons (Fsp3) is 0.235. The molecule has 0 radical (unpaired) electrons. The quantitative estimate of drug-likeness (QED) is 0.451. The molecule has 122 valence electrons. The predicted octanol–water partition coefficient (Wildman–Crippen LogP) is 3.78. The van der Waals surface area contributed by atoms with Crippen LogP contribution in [0.25, 0.3) is 0 Å². The van der Waals surface area contributed by atoms with Gasteiger partial charge in [-0.25, -0.2) is 0 Å². The Morgan fingerprint density at radius 3 is 2.48 bits per heavy atom. The number of hydrogen-bond donors (Lipinski definition) is 2. The maximum atomic E-state index is 5.30. The number of thiocarbonyl (C=S) groups is 1. The highest BCUT2D eigenvalue weighted by atomic mass is 32.2. The molecule has 4 nitrogen and oxygen atoms in total. The first-order valence-electron chi connectivity index (χ1n) is 7.17. The second-order valence-electron chi connectivity index (χ2n) is 4.61. The van der Waals surface area contributed by atoms with E-state index in [1.807, 2.05) is 36.4 Å². The van der Waals surface area contributed by atoms with Gasteiger partial charge in [-0.2, -0.15) is 0 Å². The zero-order chi connectivity index (χ0) is 16.5. The van der Waals surface area contributed by atoms with E-state index in [2.05, 4.69) is 22.8 Å². The van der Waals surface area contributed by atoms with Gasteiger partial charge in [-0.15, -0.1) is 11.8 Å². The SMILES string of the molecule is COc1ccc(NC(=S)NCCSc2ccccc2)cc1OC. The van der Waals surface area contributed by atoms with E-state index in [-0.39, 0.29) is 0 Å². The van der Waals surface area contributed by atoms with Crippen LogP contribution in [0.2, 0.25) is 0 Å². The van der Waals surface area contributed by atoms with Gasteiger partial charge in [0.15, 0.2) is 16.6 Å². The average Bonchev–Trinajstić information content (AvgIpc) is 2.59. The first-order chi connectivity index (χ1) is 11.2. The first-order valence-corrected chi connectivity index (χ1v) is 8.57. The van der Waals surface area contributed by atoms with Gasteiger partial charge in [0.25, 0.3) is 0 Å². The van der Waals surface area contributed by atoms with Crippen LogP contribution >= 0.6 is 24.0 Å². The second-order valence-corrected chi connectivity index (χ2v) is 6.19. The molecule has 0 heterocycles. The zero-order valence-corrected chi connectivity index (χ0v) is 14.8. The number of ether oxygens (including phenoxy) is 2. The summed E-state index contributed by atoms with van der Waals surface area (Å²) in [5, 5.41) is 6.93. The molecule has 0 spiro atoms. The smallest absolute Gasteiger partial charge is 0.170 e. The maximum absolute atomic E-state index is 5.30. The molecule has 0 saturated heterocycles. The van der Waals surface area contributed by atoms with Crippen molar-refractivity contribution in [3.63, 3.8) is 0 Å². The van der Waals surface area contributed by atoms with Crippen molar-refractivity contribution >= 4 is 34.8 Å². The molecule has 0 amide bonds. The van der Waals surface area contributed by atoms with Crippen molar-refractivity contribution in [2.24, 2.45) is 0 Å². The molecule has 0 unspecified atom stereocenters. The summed E-state index contributed by atoms with van der Waals surface area (Å²) in [4.78, 5) is 1.26. The lowest BCUT2D eigenvalue weighted by molar-refractivity contribution is 0.355. The van der Waals surface area contributed by atoms with Gasteiger partial charge in [0.05, 0.1) is 14.2 Å². The first kappa shape index (κ1) is 17.4. The Morgan fingerprint density at radius 1 is 1.04 bits per heavy atom. The van der Waals surface area contributed by atoms with E-state index in [1.165, 1.54) is 4.90 Å². The Bertz CT molecular complexity index is 636. The summed E-state index contributed by atoms with van der Waals surface area (Å²) in [7, 11) is 3.22. The predicted molar refractivity (Wildman–Crippen MR) is 101 cm³/mol. The van der Waals surface area contributed by atoms with E-state index in [4.69, 9.17) is 21.7 Å². The number of benzene rings is 2. The molecule has 0 fully saturated rings. The van der Waals surface area contributed by atoms with Crippen LogP contribution in [0.3, 0.4) is 0 Å². The molecule has 6 heteroatoms. The third-order valence-electron chi connectivity index (χ3n) is 3.04. The van der Waals surface area contributed by atoms with E-state index in [0.29, 0.717) is 16.6 Å². The Kier molecular flexibility index (Phi) is 7.03. The molecule has 2 aromatic rings. The number of methoxy groups -OCH3 is 2. The van der Waals surface area contributed by atoms with Crippen molar-refractivity contribution in [3.8, 4) is 11.5 Å². The molecule has 0 aromatic heterocycles. The topological polar surface area (TPSA) is 42.5 Å². The standard InChI is InChI=1S/C17H20N2O2S2/c1-20-15-9-8-13(12-16(15)21-2)19-17(22)18-10-11-23-14-6-4-3-5-7-14/h3-9,12H,10-11H2,1-2H3,(H2,18,19,22). The second kappa shape index (κ2) is 9.27. The zero-order valence-electron chi connectivity index (χ0n) is 13.2. The minimum Gasteiger partial charge on any atom is -0.493 e. The molecule has 0 aliphatic heterocycles. The van der Waals surface area contributed by atoms with Gasteiger partial charge < -0.3 is 20.1 Å². The van der Waals surface area contributed by atoms with Crippen molar-refractivity contribution in [1.29, 1.82) is 0 Å². The number of rotatable bonds is 7. The van der Waals surface area contributed by atoms with E-state index in [9.17, 15) is 0 Å². The fourth-order valence-electron chi connectivity index (χ4n) is 1.94. The summed E-state index contributed by atoms with van der Waals surface area (Å²) in [6, 6.07) is 15.9. The van der Waals surface area contributed by atoms with Gasteiger partial charge in [0.1, 0.15) is 0 Å². The highest BCUT2D eigenvalue weighted by molar-refractivity contribution is 7.99. The number of anilines is 1. The van der Waals surface area contributed by atoms with Gasteiger partial charge in [-0.1, -0.05) is 18.2 Å². The highest BCUT2D eigenvalue weighted by Gasteiger charge is 2.05. The molecule has 0 bridgehead atoms. The van der Waals surface area contributed by atoms with Crippen molar-refractivity contribution < 1.29 is 9.47 Å². The summed E-state index contributed by atoms with van der Waals surface area (Å²) < 4.78 is 10.5. The van der Waals surface area contributed by atoms with Crippen LogP contribution in [0.1, 0.15) is 0 Å². The van der Waals surface area contributed by atoms with E-state index < -0.39 is 0 Å². The van der Waals surface area contributed by atoms with Gasteiger partial charge in [-0.05, 0) is 36.5 Å². The van der Waals surface area contributed by atoms with E-state index in [0.717, 1.165) is 18.0 Å². The fourth-order valence-corrected chi connectivity index (χ4v) is 2.95. The van der Waals surface area contributed by atoms with E-state index in [1.54, 1.807) is 26.0 Å². The summed E-state index contributed by atoms with van der Waals surface area (Å²) >= 11 is 7.10. The lowest BCUT2D eigenvalue weighted by Crippen LogP contribution is -2.30. The third kappa shape index (κ3) is 5.65. The Labute approximate surface area is 146 Å². The summed E-state index contributed by atoms with van der Waals surface area (Å²) in [6.07, 6.45) is 0.